The molecule has 0 aromatic carbocycles. The molecule has 6 heteroatoms. The van der Waals surface area contributed by atoms with E-state index in [2.05, 4.69) is 15.6 Å². The van der Waals surface area contributed by atoms with Crippen molar-refractivity contribution in [2.24, 2.45) is 5.73 Å². The van der Waals surface area contributed by atoms with Crippen LogP contribution in [0.4, 0.5) is 0 Å². The van der Waals surface area contributed by atoms with Crippen molar-refractivity contribution in [2.75, 3.05) is 13.2 Å². The molecule has 1 aromatic rings. The van der Waals surface area contributed by atoms with Crippen LogP contribution in [0.25, 0.3) is 0 Å². The average molecular weight is 239 g/mol. The monoisotopic (exact) mass is 239 g/mol. The molecule has 0 amide bonds. The minimum Gasteiger partial charge on any atom is -0.378 e. The topological polar surface area (TPSA) is 78.0 Å². The minimum atomic E-state index is 0.449. The Morgan fingerprint density at radius 2 is 2.41 bits per heavy atom. The highest BCUT2D eigenvalue weighted by Gasteiger charge is 2.28. The normalized spacial score (nSPS) is 23.6. The molecule has 0 spiro atoms. The molecule has 3 N–H and O–H groups in total. The Bertz CT molecular complexity index is 334. The molecule has 1 aliphatic carbocycles. The maximum Gasteiger partial charge on any atom is 0.0964 e. The van der Waals surface area contributed by atoms with E-state index in [9.17, 15) is 0 Å². The van der Waals surface area contributed by atoms with Gasteiger partial charge >= 0.3 is 0 Å². The summed E-state index contributed by atoms with van der Waals surface area (Å²) in [7, 11) is 0. The van der Waals surface area contributed by atoms with Crippen molar-refractivity contribution in [3.63, 3.8) is 0 Å². The standard InChI is InChI=1S/C11H21N5O/c1-2-17-11-5-9(6-11)13-7-10-8-16(4-3-12)15-14-10/h8-9,11,13H,2-7,12H2,1H3. The minimum absolute atomic E-state index is 0.449. The van der Waals surface area contributed by atoms with Crippen molar-refractivity contribution < 1.29 is 4.74 Å². The van der Waals surface area contributed by atoms with Crippen molar-refractivity contribution in [1.29, 1.82) is 0 Å². The lowest BCUT2D eigenvalue weighted by Crippen LogP contribution is -2.45. The first-order valence-electron chi connectivity index (χ1n) is 6.26. The molecule has 0 atom stereocenters. The van der Waals surface area contributed by atoms with Crippen LogP contribution in [-0.2, 0) is 17.8 Å². The van der Waals surface area contributed by atoms with Crippen molar-refractivity contribution in [3.05, 3.63) is 11.9 Å². The molecule has 2 rings (SSSR count). The number of ether oxygens (including phenoxy) is 1. The summed E-state index contributed by atoms with van der Waals surface area (Å²) in [6.45, 7) is 4.94. The second-order valence-corrected chi connectivity index (χ2v) is 4.39. The number of hydrogen-bond donors (Lipinski definition) is 2. The summed E-state index contributed by atoms with van der Waals surface area (Å²) < 4.78 is 7.29. The van der Waals surface area contributed by atoms with Gasteiger partial charge in [0.1, 0.15) is 0 Å². The van der Waals surface area contributed by atoms with Gasteiger partial charge in [-0.1, -0.05) is 5.21 Å². The van der Waals surface area contributed by atoms with Crippen molar-refractivity contribution in [3.8, 4) is 0 Å². The molecular formula is C11H21N5O. The van der Waals surface area contributed by atoms with Crippen LogP contribution in [0.3, 0.4) is 0 Å². The van der Waals surface area contributed by atoms with E-state index in [1.165, 1.54) is 0 Å². The first-order chi connectivity index (χ1) is 8.31. The zero-order valence-electron chi connectivity index (χ0n) is 10.3. The summed E-state index contributed by atoms with van der Waals surface area (Å²) >= 11 is 0. The fourth-order valence-corrected chi connectivity index (χ4v) is 2.01. The molecule has 1 heterocycles. The molecule has 96 valence electrons. The number of hydrogen-bond acceptors (Lipinski definition) is 5. The highest BCUT2D eigenvalue weighted by Crippen LogP contribution is 2.23. The van der Waals surface area contributed by atoms with Crippen LogP contribution in [0.5, 0.6) is 0 Å². The van der Waals surface area contributed by atoms with E-state index in [0.29, 0.717) is 18.7 Å². The van der Waals surface area contributed by atoms with Gasteiger partial charge in [0, 0.05) is 31.9 Å². The number of nitrogens with one attached hydrogen (secondary N) is 1. The smallest absolute Gasteiger partial charge is 0.0964 e. The lowest BCUT2D eigenvalue weighted by Gasteiger charge is -2.35. The second-order valence-electron chi connectivity index (χ2n) is 4.39. The Balaban J connectivity index is 1.65. The largest absolute Gasteiger partial charge is 0.378 e. The van der Waals surface area contributed by atoms with E-state index in [1.807, 2.05) is 13.1 Å². The molecule has 1 saturated carbocycles. The Labute approximate surface area is 102 Å². The maximum absolute atomic E-state index is 5.51. The Hall–Kier alpha value is -0.980. The highest BCUT2D eigenvalue weighted by atomic mass is 16.5. The molecule has 0 saturated heterocycles. The van der Waals surface area contributed by atoms with Crippen LogP contribution in [0.1, 0.15) is 25.5 Å². The molecule has 1 aliphatic rings. The molecule has 0 bridgehead atoms. The zero-order chi connectivity index (χ0) is 12.1. The van der Waals surface area contributed by atoms with Crippen molar-refractivity contribution >= 4 is 0 Å². The van der Waals surface area contributed by atoms with Gasteiger partial charge in [-0.2, -0.15) is 0 Å². The lowest BCUT2D eigenvalue weighted by atomic mass is 9.89. The van der Waals surface area contributed by atoms with Crippen LogP contribution in [0.15, 0.2) is 6.20 Å². The van der Waals surface area contributed by atoms with E-state index in [4.69, 9.17) is 10.5 Å². The van der Waals surface area contributed by atoms with Gasteiger partial charge in [0.25, 0.3) is 0 Å². The Morgan fingerprint density at radius 1 is 1.59 bits per heavy atom. The quantitative estimate of drug-likeness (QED) is 0.694. The van der Waals surface area contributed by atoms with Crippen LogP contribution >= 0.6 is 0 Å². The second kappa shape index (κ2) is 6.09. The average Bonchev–Trinajstić information content (AvgIpc) is 2.70. The maximum atomic E-state index is 5.51. The van der Waals surface area contributed by atoms with E-state index >= 15 is 0 Å². The summed E-state index contributed by atoms with van der Waals surface area (Å²) in [5.74, 6) is 0. The summed E-state index contributed by atoms with van der Waals surface area (Å²) in [5.41, 5.74) is 6.42. The van der Waals surface area contributed by atoms with E-state index < -0.39 is 0 Å². The van der Waals surface area contributed by atoms with Crippen LogP contribution < -0.4 is 11.1 Å². The molecular weight excluding hydrogens is 218 g/mol. The highest BCUT2D eigenvalue weighted by molar-refractivity contribution is 4.94. The number of rotatable bonds is 7. The van der Waals surface area contributed by atoms with Crippen molar-refractivity contribution in [2.45, 2.75) is 45.0 Å². The van der Waals surface area contributed by atoms with Gasteiger partial charge in [0.2, 0.25) is 0 Å². The zero-order valence-corrected chi connectivity index (χ0v) is 10.3. The van der Waals surface area contributed by atoms with Crippen molar-refractivity contribution in [1.82, 2.24) is 20.3 Å². The van der Waals surface area contributed by atoms with Gasteiger partial charge in [-0.15, -0.1) is 5.10 Å². The van der Waals surface area contributed by atoms with E-state index in [0.717, 1.165) is 38.2 Å². The predicted octanol–water partition coefficient (Wildman–Crippen LogP) is -0.106. The van der Waals surface area contributed by atoms with Gasteiger partial charge < -0.3 is 15.8 Å². The third kappa shape index (κ3) is 3.49. The number of aromatic nitrogens is 3. The Kier molecular flexibility index (Phi) is 4.47. The number of nitrogens with zero attached hydrogens (tertiary/aromatic N) is 3. The van der Waals surface area contributed by atoms with Gasteiger partial charge in [0.15, 0.2) is 0 Å². The first-order valence-corrected chi connectivity index (χ1v) is 6.26. The van der Waals surface area contributed by atoms with Gasteiger partial charge in [-0.05, 0) is 19.8 Å². The molecule has 6 nitrogen and oxygen atoms in total. The molecule has 1 fully saturated rings. The molecule has 0 unspecified atom stereocenters. The lowest BCUT2D eigenvalue weighted by molar-refractivity contribution is -0.0103. The summed E-state index contributed by atoms with van der Waals surface area (Å²) in [4.78, 5) is 0. The molecule has 0 aliphatic heterocycles. The number of nitrogens with two attached hydrogens (primary N) is 1. The van der Waals surface area contributed by atoms with Gasteiger partial charge in [0.05, 0.1) is 18.3 Å². The molecule has 1 aromatic heterocycles. The fourth-order valence-electron chi connectivity index (χ4n) is 2.01. The van der Waals surface area contributed by atoms with E-state index in [1.54, 1.807) is 4.68 Å². The van der Waals surface area contributed by atoms with Crippen LogP contribution in [-0.4, -0.2) is 40.3 Å². The van der Waals surface area contributed by atoms with Crippen LogP contribution in [0.2, 0.25) is 0 Å². The van der Waals surface area contributed by atoms with E-state index in [-0.39, 0.29) is 0 Å². The third-order valence-corrected chi connectivity index (χ3v) is 3.01. The first kappa shape index (κ1) is 12.5. The molecule has 17 heavy (non-hydrogen) atoms. The predicted molar refractivity (Wildman–Crippen MR) is 64.4 cm³/mol. The SMILES string of the molecule is CCOC1CC(NCc2cn(CCN)nn2)C1. The summed E-state index contributed by atoms with van der Waals surface area (Å²) in [6.07, 6.45) is 4.60. The fraction of sp³-hybridized carbons (Fsp3) is 0.818. The Morgan fingerprint density at radius 3 is 3.12 bits per heavy atom. The summed E-state index contributed by atoms with van der Waals surface area (Å²) in [5, 5.41) is 11.5. The van der Waals surface area contributed by atoms with Gasteiger partial charge in [-0.25, -0.2) is 0 Å². The third-order valence-electron chi connectivity index (χ3n) is 3.01. The summed E-state index contributed by atoms with van der Waals surface area (Å²) in [6, 6.07) is 0.561. The van der Waals surface area contributed by atoms with Gasteiger partial charge in [-0.3, -0.25) is 4.68 Å². The van der Waals surface area contributed by atoms with Crippen LogP contribution in [0, 0.1) is 0 Å². The molecule has 0 radical (unpaired) electrons.